The summed E-state index contributed by atoms with van der Waals surface area (Å²) in [5, 5.41) is 14.5. The zero-order chi connectivity index (χ0) is 16.2. The third kappa shape index (κ3) is 3.83. The molecule has 1 N–H and O–H groups in total. The van der Waals surface area contributed by atoms with Gasteiger partial charge in [-0.2, -0.15) is 5.10 Å². The summed E-state index contributed by atoms with van der Waals surface area (Å²) in [5.74, 6) is 0. The predicted molar refractivity (Wildman–Crippen MR) is 97.1 cm³/mol. The van der Waals surface area contributed by atoms with Gasteiger partial charge in [0, 0.05) is 21.7 Å². The number of aryl methyl sites for hydroxylation is 1. The van der Waals surface area contributed by atoms with Gasteiger partial charge in [-0.05, 0) is 55.3 Å². The molecule has 1 heterocycles. The predicted octanol–water partition coefficient (Wildman–Crippen LogP) is 4.88. The fraction of sp³-hybridized carbons (Fsp3) is 0.167. The van der Waals surface area contributed by atoms with Gasteiger partial charge >= 0.3 is 0 Å². The number of aromatic nitrogens is 2. The summed E-state index contributed by atoms with van der Waals surface area (Å²) in [7, 11) is 0. The topological polar surface area (TPSA) is 38.0 Å². The van der Waals surface area contributed by atoms with E-state index in [0.29, 0.717) is 11.4 Å². The van der Waals surface area contributed by atoms with Crippen molar-refractivity contribution in [3.8, 4) is 16.9 Å². The van der Waals surface area contributed by atoms with E-state index in [4.69, 9.17) is 21.8 Å². The minimum absolute atomic E-state index is 0.168. The van der Waals surface area contributed by atoms with Crippen LogP contribution >= 0.6 is 27.5 Å². The number of halogens is 2. The highest BCUT2D eigenvalue weighted by Crippen LogP contribution is 2.26. The molecule has 0 saturated carbocycles. The molecule has 2 aromatic carbocycles. The number of benzene rings is 2. The van der Waals surface area contributed by atoms with Gasteiger partial charge in [-0.1, -0.05) is 39.7 Å². The Balaban J connectivity index is 2.06. The smallest absolute Gasteiger partial charge is 0.0743 e. The molecule has 5 heteroatoms. The lowest BCUT2D eigenvalue weighted by Crippen LogP contribution is -2.00. The lowest BCUT2D eigenvalue weighted by molar-refractivity contribution is 0.288. The lowest BCUT2D eigenvalue weighted by atomic mass is 10.1. The van der Waals surface area contributed by atoms with Gasteiger partial charge in [0.2, 0.25) is 0 Å². The molecule has 0 unspecified atom stereocenters. The minimum Gasteiger partial charge on any atom is -0.396 e. The molecule has 0 fully saturated rings. The SMILES string of the molecule is OCCCc1cc(-c2ccc(Cl)cc2)n(-c2ccc(Br)cc2)n1. The molecule has 0 bridgehead atoms. The third-order valence-electron chi connectivity index (χ3n) is 3.56. The second-order valence-corrected chi connectivity index (χ2v) is 6.60. The summed E-state index contributed by atoms with van der Waals surface area (Å²) in [6, 6.07) is 17.8. The monoisotopic (exact) mass is 390 g/mol. The molecule has 0 aliphatic carbocycles. The van der Waals surface area contributed by atoms with Gasteiger partial charge in [0.15, 0.2) is 0 Å². The second-order valence-electron chi connectivity index (χ2n) is 5.24. The maximum Gasteiger partial charge on any atom is 0.0743 e. The quantitative estimate of drug-likeness (QED) is 0.673. The molecule has 0 aliphatic rings. The maximum atomic E-state index is 9.04. The average molecular weight is 392 g/mol. The van der Waals surface area contributed by atoms with Gasteiger partial charge in [0.25, 0.3) is 0 Å². The molecule has 1 aromatic heterocycles. The number of hydrogen-bond donors (Lipinski definition) is 1. The van der Waals surface area contributed by atoms with Crippen molar-refractivity contribution < 1.29 is 5.11 Å². The van der Waals surface area contributed by atoms with Crippen molar-refractivity contribution in [1.82, 2.24) is 9.78 Å². The average Bonchev–Trinajstić information content (AvgIpc) is 2.98. The van der Waals surface area contributed by atoms with Crippen LogP contribution in [0.5, 0.6) is 0 Å². The van der Waals surface area contributed by atoms with Gasteiger partial charge in [0.05, 0.1) is 17.1 Å². The number of nitrogens with zero attached hydrogens (tertiary/aromatic N) is 2. The van der Waals surface area contributed by atoms with Crippen LogP contribution in [0, 0.1) is 0 Å². The van der Waals surface area contributed by atoms with E-state index in [2.05, 4.69) is 22.0 Å². The summed E-state index contributed by atoms with van der Waals surface area (Å²) in [5.41, 5.74) is 4.03. The van der Waals surface area contributed by atoms with Crippen molar-refractivity contribution in [1.29, 1.82) is 0 Å². The van der Waals surface area contributed by atoms with E-state index in [0.717, 1.165) is 33.5 Å². The summed E-state index contributed by atoms with van der Waals surface area (Å²) in [6.45, 7) is 0.168. The van der Waals surface area contributed by atoms with E-state index in [1.165, 1.54) is 0 Å². The standard InChI is InChI=1S/C18H16BrClN2O/c19-14-5-9-17(10-6-14)22-18(12-16(21-22)2-1-11-23)13-3-7-15(20)8-4-13/h3-10,12,23H,1-2,11H2. The van der Waals surface area contributed by atoms with Crippen LogP contribution in [0.3, 0.4) is 0 Å². The van der Waals surface area contributed by atoms with E-state index in [1.54, 1.807) is 0 Å². The van der Waals surface area contributed by atoms with Gasteiger partial charge in [-0.15, -0.1) is 0 Å². The molecule has 0 saturated heterocycles. The fourth-order valence-electron chi connectivity index (χ4n) is 2.42. The Hall–Kier alpha value is -1.62. The number of rotatable bonds is 5. The van der Waals surface area contributed by atoms with Crippen LogP contribution in [-0.2, 0) is 6.42 Å². The van der Waals surface area contributed by atoms with Crippen LogP contribution in [-0.4, -0.2) is 21.5 Å². The zero-order valence-corrected chi connectivity index (χ0v) is 14.8. The molecule has 0 radical (unpaired) electrons. The maximum absolute atomic E-state index is 9.04. The number of aliphatic hydroxyl groups excluding tert-OH is 1. The first-order valence-corrected chi connectivity index (χ1v) is 8.56. The van der Waals surface area contributed by atoms with Crippen molar-refractivity contribution in [2.45, 2.75) is 12.8 Å². The van der Waals surface area contributed by atoms with E-state index in [-0.39, 0.29) is 6.61 Å². The molecular formula is C18H16BrClN2O. The van der Waals surface area contributed by atoms with E-state index in [1.807, 2.05) is 53.2 Å². The van der Waals surface area contributed by atoms with Crippen molar-refractivity contribution in [3.63, 3.8) is 0 Å². The molecule has 3 rings (SSSR count). The van der Waals surface area contributed by atoms with Gasteiger partial charge in [-0.3, -0.25) is 0 Å². The van der Waals surface area contributed by atoms with Crippen molar-refractivity contribution in [3.05, 3.63) is 69.8 Å². The van der Waals surface area contributed by atoms with Crippen molar-refractivity contribution in [2.24, 2.45) is 0 Å². The first-order valence-electron chi connectivity index (χ1n) is 7.39. The Morgan fingerprint density at radius 2 is 1.74 bits per heavy atom. The van der Waals surface area contributed by atoms with E-state index >= 15 is 0 Å². The van der Waals surface area contributed by atoms with Gasteiger partial charge in [-0.25, -0.2) is 4.68 Å². The van der Waals surface area contributed by atoms with Gasteiger partial charge in [0.1, 0.15) is 0 Å². The van der Waals surface area contributed by atoms with Crippen molar-refractivity contribution >= 4 is 27.5 Å². The molecule has 3 aromatic rings. The fourth-order valence-corrected chi connectivity index (χ4v) is 2.81. The molecule has 0 aliphatic heterocycles. The lowest BCUT2D eigenvalue weighted by Gasteiger charge is -2.08. The van der Waals surface area contributed by atoms with Gasteiger partial charge < -0.3 is 5.11 Å². The summed E-state index contributed by atoms with van der Waals surface area (Å²) in [4.78, 5) is 0. The highest BCUT2D eigenvalue weighted by Gasteiger charge is 2.11. The van der Waals surface area contributed by atoms with Crippen molar-refractivity contribution in [2.75, 3.05) is 6.61 Å². The molecule has 23 heavy (non-hydrogen) atoms. The molecule has 118 valence electrons. The highest BCUT2D eigenvalue weighted by molar-refractivity contribution is 9.10. The summed E-state index contributed by atoms with van der Waals surface area (Å²) < 4.78 is 2.96. The van der Waals surface area contributed by atoms with Crippen LogP contribution in [0.25, 0.3) is 16.9 Å². The van der Waals surface area contributed by atoms with Crippen LogP contribution in [0.2, 0.25) is 5.02 Å². The Labute approximate surface area is 148 Å². The largest absolute Gasteiger partial charge is 0.396 e. The number of aliphatic hydroxyl groups is 1. The number of hydrogen-bond acceptors (Lipinski definition) is 2. The van der Waals surface area contributed by atoms with Crippen LogP contribution in [0.4, 0.5) is 0 Å². The molecule has 0 amide bonds. The molecule has 0 atom stereocenters. The Morgan fingerprint density at radius 3 is 2.39 bits per heavy atom. The molecule has 3 nitrogen and oxygen atoms in total. The summed E-state index contributed by atoms with van der Waals surface area (Å²) >= 11 is 9.45. The minimum atomic E-state index is 0.168. The molecular weight excluding hydrogens is 376 g/mol. The van der Waals surface area contributed by atoms with Crippen LogP contribution in [0.1, 0.15) is 12.1 Å². The van der Waals surface area contributed by atoms with Crippen LogP contribution < -0.4 is 0 Å². The normalized spacial score (nSPS) is 10.9. The molecule has 0 spiro atoms. The third-order valence-corrected chi connectivity index (χ3v) is 4.34. The Morgan fingerprint density at radius 1 is 1.04 bits per heavy atom. The van der Waals surface area contributed by atoms with E-state index in [9.17, 15) is 0 Å². The highest BCUT2D eigenvalue weighted by atomic mass is 79.9. The van der Waals surface area contributed by atoms with E-state index < -0.39 is 0 Å². The Bertz CT molecular complexity index is 719. The second kappa shape index (κ2) is 7.30. The summed E-state index contributed by atoms with van der Waals surface area (Å²) in [6.07, 6.45) is 1.46. The first kappa shape index (κ1) is 16.2. The van der Waals surface area contributed by atoms with Crippen LogP contribution in [0.15, 0.2) is 59.1 Å². The Kier molecular flexibility index (Phi) is 5.16. The zero-order valence-electron chi connectivity index (χ0n) is 12.4. The first-order chi connectivity index (χ1) is 11.2.